The quantitative estimate of drug-likeness (QED) is 0.579. The minimum Gasteiger partial charge on any atom is -0.273 e. The summed E-state index contributed by atoms with van der Waals surface area (Å²) in [6.45, 7) is 0. The van der Waals surface area contributed by atoms with Crippen LogP contribution in [0.5, 0.6) is 0 Å². The number of nitrogens with one attached hydrogen (secondary N) is 1. The second-order valence-corrected chi connectivity index (χ2v) is 5.02. The summed E-state index contributed by atoms with van der Waals surface area (Å²) in [6.07, 6.45) is 1.95. The van der Waals surface area contributed by atoms with Crippen LogP contribution >= 0.6 is 0 Å². The number of hydrogen-bond donors (Lipinski definition) is 1. The van der Waals surface area contributed by atoms with Gasteiger partial charge in [0.1, 0.15) is 0 Å². The Balaban J connectivity index is 1.67. The first-order chi connectivity index (χ1) is 10.8. The minimum absolute atomic E-state index is 0.122. The highest BCUT2D eigenvalue weighted by molar-refractivity contribution is 5.90. The van der Waals surface area contributed by atoms with Crippen molar-refractivity contribution in [3.8, 4) is 0 Å². The number of carbonyl (C=O) groups is 1. The average Bonchev–Trinajstić information content (AvgIpc) is 2.56. The third-order valence-electron chi connectivity index (χ3n) is 3.43. The van der Waals surface area contributed by atoms with Crippen LogP contribution in [-0.2, 0) is 11.2 Å². The van der Waals surface area contributed by atoms with Gasteiger partial charge in [-0.3, -0.25) is 4.79 Å². The van der Waals surface area contributed by atoms with Crippen LogP contribution in [0.15, 0.2) is 77.9 Å². The zero-order valence-electron chi connectivity index (χ0n) is 12.1. The topological polar surface area (TPSA) is 41.5 Å². The van der Waals surface area contributed by atoms with Crippen molar-refractivity contribution < 1.29 is 4.79 Å². The maximum atomic E-state index is 12.0. The van der Waals surface area contributed by atoms with Crippen LogP contribution in [0, 0.1) is 0 Å². The largest absolute Gasteiger partial charge is 0.273 e. The molecule has 0 saturated heterocycles. The van der Waals surface area contributed by atoms with Crippen LogP contribution in [0.1, 0.15) is 11.1 Å². The van der Waals surface area contributed by atoms with Gasteiger partial charge >= 0.3 is 0 Å². The van der Waals surface area contributed by atoms with Crippen LogP contribution in [0.25, 0.3) is 10.8 Å². The van der Waals surface area contributed by atoms with Gasteiger partial charge in [0.15, 0.2) is 0 Å². The molecule has 3 nitrogen and oxygen atoms in total. The second kappa shape index (κ2) is 6.68. The Bertz CT molecular complexity index is 805. The Kier molecular flexibility index (Phi) is 4.25. The van der Waals surface area contributed by atoms with Gasteiger partial charge in [-0.25, -0.2) is 5.43 Å². The molecule has 22 heavy (non-hydrogen) atoms. The zero-order chi connectivity index (χ0) is 15.2. The molecule has 0 spiro atoms. The van der Waals surface area contributed by atoms with Crippen molar-refractivity contribution in [2.45, 2.75) is 6.42 Å². The molecule has 3 rings (SSSR count). The molecule has 1 N–H and O–H groups in total. The number of hydrogen-bond acceptors (Lipinski definition) is 2. The molecule has 0 aliphatic rings. The standard InChI is InChI=1S/C19H16N2O/c22-19(21-20-14-15-7-2-1-3-8-15)13-17-11-6-10-16-9-4-5-12-18(16)17/h1-12,14H,13H2,(H,21,22)/b20-14-. The molecule has 1 amide bonds. The van der Waals surface area contributed by atoms with E-state index < -0.39 is 0 Å². The maximum Gasteiger partial charge on any atom is 0.244 e. The molecule has 3 heteroatoms. The first kappa shape index (κ1) is 14.0. The Morgan fingerprint density at radius 1 is 0.909 bits per heavy atom. The SMILES string of the molecule is O=C(Cc1cccc2ccccc12)N/N=C\c1ccccc1. The van der Waals surface area contributed by atoms with E-state index in [2.05, 4.69) is 10.5 Å². The molecule has 0 bridgehead atoms. The van der Waals surface area contributed by atoms with E-state index in [1.807, 2.05) is 72.8 Å². The van der Waals surface area contributed by atoms with E-state index in [1.165, 1.54) is 0 Å². The van der Waals surface area contributed by atoms with Crippen molar-refractivity contribution >= 4 is 22.9 Å². The van der Waals surface area contributed by atoms with Gasteiger partial charge in [-0.05, 0) is 21.9 Å². The lowest BCUT2D eigenvalue weighted by Crippen LogP contribution is -2.19. The molecule has 0 aliphatic heterocycles. The highest BCUT2D eigenvalue weighted by Crippen LogP contribution is 2.18. The fourth-order valence-corrected chi connectivity index (χ4v) is 2.38. The predicted octanol–water partition coefficient (Wildman–Crippen LogP) is 3.53. The lowest BCUT2D eigenvalue weighted by molar-refractivity contribution is -0.120. The minimum atomic E-state index is -0.122. The van der Waals surface area contributed by atoms with Crippen molar-refractivity contribution in [1.82, 2.24) is 5.43 Å². The van der Waals surface area contributed by atoms with Gasteiger partial charge in [-0.15, -0.1) is 0 Å². The highest BCUT2D eigenvalue weighted by Gasteiger charge is 2.05. The van der Waals surface area contributed by atoms with Crippen LogP contribution in [0.4, 0.5) is 0 Å². The molecule has 0 fully saturated rings. The summed E-state index contributed by atoms with van der Waals surface area (Å²) in [4.78, 5) is 12.0. The van der Waals surface area contributed by atoms with Crippen LogP contribution in [0.3, 0.4) is 0 Å². The van der Waals surface area contributed by atoms with E-state index in [0.717, 1.165) is 21.9 Å². The summed E-state index contributed by atoms with van der Waals surface area (Å²) < 4.78 is 0. The Morgan fingerprint density at radius 3 is 2.50 bits per heavy atom. The number of amides is 1. The number of hydrazone groups is 1. The van der Waals surface area contributed by atoms with Gasteiger partial charge in [-0.2, -0.15) is 5.10 Å². The monoisotopic (exact) mass is 288 g/mol. The average molecular weight is 288 g/mol. The van der Waals surface area contributed by atoms with Gasteiger partial charge in [-0.1, -0.05) is 72.8 Å². The summed E-state index contributed by atoms with van der Waals surface area (Å²) in [6, 6.07) is 23.7. The third-order valence-corrected chi connectivity index (χ3v) is 3.43. The van der Waals surface area contributed by atoms with Gasteiger partial charge in [0.05, 0.1) is 12.6 Å². The van der Waals surface area contributed by atoms with E-state index in [4.69, 9.17) is 0 Å². The molecule has 0 saturated carbocycles. The third kappa shape index (κ3) is 3.38. The molecule has 0 heterocycles. The molecule has 0 aromatic heterocycles. The van der Waals surface area contributed by atoms with Crippen molar-refractivity contribution in [3.63, 3.8) is 0 Å². The number of carbonyl (C=O) groups excluding carboxylic acids is 1. The van der Waals surface area contributed by atoms with Crippen molar-refractivity contribution in [3.05, 3.63) is 83.9 Å². The predicted molar refractivity (Wildman–Crippen MR) is 89.8 cm³/mol. The first-order valence-electron chi connectivity index (χ1n) is 7.16. The number of nitrogens with zero attached hydrogens (tertiary/aromatic N) is 1. The second-order valence-electron chi connectivity index (χ2n) is 5.02. The lowest BCUT2D eigenvalue weighted by atomic mass is 10.0. The fourth-order valence-electron chi connectivity index (χ4n) is 2.38. The molecule has 0 unspecified atom stereocenters. The van der Waals surface area contributed by atoms with Crippen molar-refractivity contribution in [1.29, 1.82) is 0 Å². The zero-order valence-corrected chi connectivity index (χ0v) is 12.1. The Hall–Kier alpha value is -2.94. The summed E-state index contributed by atoms with van der Waals surface area (Å²) >= 11 is 0. The fraction of sp³-hybridized carbons (Fsp3) is 0.0526. The van der Waals surface area contributed by atoms with E-state index in [1.54, 1.807) is 6.21 Å². The summed E-state index contributed by atoms with van der Waals surface area (Å²) in [7, 11) is 0. The molecule has 108 valence electrons. The first-order valence-corrected chi connectivity index (χ1v) is 7.16. The molecular formula is C19H16N2O. The van der Waals surface area contributed by atoms with Crippen LogP contribution < -0.4 is 5.43 Å². The molecular weight excluding hydrogens is 272 g/mol. The molecule has 0 radical (unpaired) electrons. The number of benzene rings is 3. The summed E-state index contributed by atoms with van der Waals surface area (Å²) in [5.74, 6) is -0.122. The molecule has 3 aromatic rings. The Labute approximate surface area is 129 Å². The highest BCUT2D eigenvalue weighted by atomic mass is 16.2. The number of rotatable bonds is 4. The van der Waals surface area contributed by atoms with Crippen LogP contribution in [0.2, 0.25) is 0 Å². The van der Waals surface area contributed by atoms with E-state index >= 15 is 0 Å². The van der Waals surface area contributed by atoms with Crippen LogP contribution in [-0.4, -0.2) is 12.1 Å². The van der Waals surface area contributed by atoms with Crippen molar-refractivity contribution in [2.75, 3.05) is 0 Å². The van der Waals surface area contributed by atoms with Crippen molar-refractivity contribution in [2.24, 2.45) is 5.10 Å². The Morgan fingerprint density at radius 2 is 1.64 bits per heavy atom. The van der Waals surface area contributed by atoms with E-state index in [0.29, 0.717) is 6.42 Å². The normalized spacial score (nSPS) is 10.9. The van der Waals surface area contributed by atoms with E-state index in [-0.39, 0.29) is 5.91 Å². The molecule has 3 aromatic carbocycles. The van der Waals surface area contributed by atoms with Gasteiger partial charge in [0, 0.05) is 0 Å². The summed E-state index contributed by atoms with van der Waals surface area (Å²) in [5, 5.41) is 6.24. The smallest absolute Gasteiger partial charge is 0.244 e. The van der Waals surface area contributed by atoms with Gasteiger partial charge in [0.2, 0.25) is 5.91 Å². The molecule has 0 atom stereocenters. The molecule has 0 aliphatic carbocycles. The summed E-state index contributed by atoms with van der Waals surface area (Å²) in [5.41, 5.74) is 4.53. The maximum absolute atomic E-state index is 12.0. The van der Waals surface area contributed by atoms with Gasteiger partial charge < -0.3 is 0 Å². The van der Waals surface area contributed by atoms with E-state index in [9.17, 15) is 4.79 Å². The van der Waals surface area contributed by atoms with Gasteiger partial charge in [0.25, 0.3) is 0 Å². The lowest BCUT2D eigenvalue weighted by Gasteiger charge is -2.05. The number of fused-ring (bicyclic) bond motifs is 1.